The number of benzene rings is 2. The molecule has 0 fully saturated rings. The van der Waals surface area contributed by atoms with Crippen LogP contribution in [0.3, 0.4) is 0 Å². The maximum Gasteiger partial charge on any atom is 0.123 e. The first-order valence-electron chi connectivity index (χ1n) is 6.95. The second-order valence-electron chi connectivity index (χ2n) is 5.48. The van der Waals surface area contributed by atoms with Gasteiger partial charge >= 0.3 is 0 Å². The SMILES string of the molecule is CCC(O)(c1cccc(F)c1)c1cc(C)c(C)cc1C. The van der Waals surface area contributed by atoms with Gasteiger partial charge in [-0.3, -0.25) is 0 Å². The third-order valence-electron chi connectivity index (χ3n) is 4.10. The van der Waals surface area contributed by atoms with Crippen LogP contribution in [-0.2, 0) is 5.60 Å². The Morgan fingerprint density at radius 1 is 1.00 bits per heavy atom. The monoisotopic (exact) mass is 272 g/mol. The summed E-state index contributed by atoms with van der Waals surface area (Å²) in [7, 11) is 0. The summed E-state index contributed by atoms with van der Waals surface area (Å²) in [5.74, 6) is -0.323. The number of aliphatic hydroxyl groups is 1. The Balaban J connectivity index is 2.65. The lowest BCUT2D eigenvalue weighted by atomic mass is 9.80. The molecule has 106 valence electrons. The molecule has 0 aromatic heterocycles. The Morgan fingerprint density at radius 2 is 1.65 bits per heavy atom. The molecule has 0 spiro atoms. The van der Waals surface area contributed by atoms with Gasteiger partial charge in [-0.15, -0.1) is 0 Å². The van der Waals surface area contributed by atoms with Crippen LogP contribution in [0.1, 0.15) is 41.2 Å². The molecule has 0 saturated heterocycles. The third kappa shape index (κ3) is 2.48. The van der Waals surface area contributed by atoms with Gasteiger partial charge in [0.05, 0.1) is 0 Å². The molecule has 2 aromatic rings. The molecule has 0 saturated carbocycles. The van der Waals surface area contributed by atoms with Crippen molar-refractivity contribution >= 4 is 0 Å². The predicted molar refractivity (Wildman–Crippen MR) is 80.3 cm³/mol. The van der Waals surface area contributed by atoms with Gasteiger partial charge in [0, 0.05) is 0 Å². The van der Waals surface area contributed by atoms with Crippen molar-refractivity contribution < 1.29 is 9.50 Å². The van der Waals surface area contributed by atoms with Crippen molar-refractivity contribution in [2.24, 2.45) is 0 Å². The lowest BCUT2D eigenvalue weighted by Gasteiger charge is -2.30. The van der Waals surface area contributed by atoms with Gasteiger partial charge in [-0.05, 0) is 67.1 Å². The lowest BCUT2D eigenvalue weighted by Crippen LogP contribution is -2.27. The molecule has 1 unspecified atom stereocenters. The van der Waals surface area contributed by atoms with Crippen molar-refractivity contribution in [3.63, 3.8) is 0 Å². The van der Waals surface area contributed by atoms with Gasteiger partial charge in [0.25, 0.3) is 0 Å². The van der Waals surface area contributed by atoms with E-state index in [4.69, 9.17) is 0 Å². The largest absolute Gasteiger partial charge is 0.380 e. The number of hydrogen-bond donors (Lipinski definition) is 1. The van der Waals surface area contributed by atoms with Crippen molar-refractivity contribution in [1.82, 2.24) is 0 Å². The molecule has 0 aliphatic carbocycles. The highest BCUT2D eigenvalue weighted by Crippen LogP contribution is 2.36. The van der Waals surface area contributed by atoms with Gasteiger partial charge in [0.15, 0.2) is 0 Å². The van der Waals surface area contributed by atoms with E-state index in [9.17, 15) is 9.50 Å². The van der Waals surface area contributed by atoms with Crippen LogP contribution in [-0.4, -0.2) is 5.11 Å². The summed E-state index contributed by atoms with van der Waals surface area (Å²) in [6, 6.07) is 10.3. The zero-order valence-corrected chi connectivity index (χ0v) is 12.5. The fraction of sp³-hybridized carbons (Fsp3) is 0.333. The highest BCUT2D eigenvalue weighted by molar-refractivity contribution is 5.45. The van der Waals surface area contributed by atoms with Gasteiger partial charge in [-0.25, -0.2) is 4.39 Å². The Labute approximate surface area is 120 Å². The van der Waals surface area contributed by atoms with Crippen molar-refractivity contribution in [3.05, 3.63) is 70.0 Å². The van der Waals surface area contributed by atoms with Crippen molar-refractivity contribution in [1.29, 1.82) is 0 Å². The zero-order valence-electron chi connectivity index (χ0n) is 12.5. The maximum absolute atomic E-state index is 13.5. The summed E-state index contributed by atoms with van der Waals surface area (Å²) in [5, 5.41) is 11.1. The summed E-state index contributed by atoms with van der Waals surface area (Å²) in [6.45, 7) is 7.99. The Bertz CT molecular complexity index is 633. The van der Waals surface area contributed by atoms with Crippen LogP contribution < -0.4 is 0 Å². The smallest absolute Gasteiger partial charge is 0.123 e. The molecule has 2 rings (SSSR count). The quantitative estimate of drug-likeness (QED) is 0.878. The van der Waals surface area contributed by atoms with Crippen molar-refractivity contribution in [3.8, 4) is 0 Å². The first-order chi connectivity index (χ1) is 9.38. The molecular formula is C18H21FO. The summed E-state index contributed by atoms with van der Waals surface area (Å²) in [5.41, 5.74) is 3.67. The summed E-state index contributed by atoms with van der Waals surface area (Å²) >= 11 is 0. The van der Waals surface area contributed by atoms with E-state index in [-0.39, 0.29) is 5.82 Å². The van der Waals surface area contributed by atoms with E-state index in [2.05, 4.69) is 13.0 Å². The standard InChI is InChI=1S/C18H21FO/c1-5-18(20,15-7-6-8-16(19)11-15)17-10-13(3)12(2)9-14(17)4/h6-11,20H,5H2,1-4H3. The van der Waals surface area contributed by atoms with Gasteiger partial charge in [0.2, 0.25) is 0 Å². The number of halogens is 1. The molecule has 1 N–H and O–H groups in total. The molecule has 1 nitrogen and oxygen atoms in total. The van der Waals surface area contributed by atoms with Crippen LogP contribution in [0.4, 0.5) is 4.39 Å². The minimum atomic E-state index is -1.15. The molecule has 20 heavy (non-hydrogen) atoms. The van der Waals surface area contributed by atoms with E-state index >= 15 is 0 Å². The van der Waals surface area contributed by atoms with Crippen LogP contribution in [0.2, 0.25) is 0 Å². The average Bonchev–Trinajstić information content (AvgIpc) is 2.42. The van der Waals surface area contributed by atoms with E-state index in [0.717, 1.165) is 16.7 Å². The number of aryl methyl sites for hydroxylation is 3. The normalized spacial score (nSPS) is 14.1. The molecular weight excluding hydrogens is 251 g/mol. The molecule has 0 radical (unpaired) electrons. The molecule has 1 atom stereocenters. The number of hydrogen-bond acceptors (Lipinski definition) is 1. The van der Waals surface area contributed by atoms with Gasteiger partial charge in [-0.1, -0.05) is 31.2 Å². The number of rotatable bonds is 3. The Morgan fingerprint density at radius 3 is 2.25 bits per heavy atom. The van der Waals surface area contributed by atoms with Crippen molar-refractivity contribution in [2.75, 3.05) is 0 Å². The van der Waals surface area contributed by atoms with Gasteiger partial charge < -0.3 is 5.11 Å². The van der Waals surface area contributed by atoms with Crippen LogP contribution in [0.25, 0.3) is 0 Å². The van der Waals surface area contributed by atoms with Gasteiger partial charge in [0.1, 0.15) is 11.4 Å². The summed E-state index contributed by atoms with van der Waals surface area (Å²) < 4.78 is 13.5. The Hall–Kier alpha value is -1.67. The summed E-state index contributed by atoms with van der Waals surface area (Å²) in [6.07, 6.45) is 0.500. The topological polar surface area (TPSA) is 20.2 Å². The fourth-order valence-electron chi connectivity index (χ4n) is 2.70. The molecule has 0 amide bonds. The van der Waals surface area contributed by atoms with Crippen LogP contribution in [0, 0.1) is 26.6 Å². The molecule has 0 aliphatic heterocycles. The molecule has 0 heterocycles. The lowest BCUT2D eigenvalue weighted by molar-refractivity contribution is 0.0754. The minimum Gasteiger partial charge on any atom is -0.380 e. The predicted octanol–water partition coefficient (Wildman–Crippen LogP) is 4.40. The first kappa shape index (κ1) is 14.7. The Kier molecular flexibility index (Phi) is 3.96. The van der Waals surface area contributed by atoms with E-state index in [1.165, 1.54) is 17.7 Å². The second kappa shape index (κ2) is 5.37. The van der Waals surface area contributed by atoms with Crippen molar-refractivity contribution in [2.45, 2.75) is 39.7 Å². The van der Waals surface area contributed by atoms with E-state index < -0.39 is 5.60 Å². The molecule has 0 aliphatic rings. The molecule has 2 aromatic carbocycles. The second-order valence-corrected chi connectivity index (χ2v) is 5.48. The average molecular weight is 272 g/mol. The third-order valence-corrected chi connectivity index (χ3v) is 4.10. The van der Waals surface area contributed by atoms with Crippen LogP contribution in [0.5, 0.6) is 0 Å². The van der Waals surface area contributed by atoms with Crippen LogP contribution in [0.15, 0.2) is 36.4 Å². The zero-order chi connectivity index (χ0) is 14.9. The van der Waals surface area contributed by atoms with Crippen LogP contribution >= 0.6 is 0 Å². The highest BCUT2D eigenvalue weighted by atomic mass is 19.1. The first-order valence-corrected chi connectivity index (χ1v) is 6.95. The molecule has 2 heteroatoms. The summed E-state index contributed by atoms with van der Waals surface area (Å²) in [4.78, 5) is 0. The molecule has 0 bridgehead atoms. The highest BCUT2D eigenvalue weighted by Gasteiger charge is 2.31. The fourth-order valence-corrected chi connectivity index (χ4v) is 2.70. The van der Waals surface area contributed by atoms with Gasteiger partial charge in [-0.2, -0.15) is 0 Å². The van der Waals surface area contributed by atoms with E-state index in [1.54, 1.807) is 12.1 Å². The van der Waals surface area contributed by atoms with E-state index in [0.29, 0.717) is 12.0 Å². The van der Waals surface area contributed by atoms with E-state index in [1.807, 2.05) is 26.8 Å². The maximum atomic E-state index is 13.5. The minimum absolute atomic E-state index is 0.323.